The molecule has 0 spiro atoms. The van der Waals surface area contributed by atoms with Gasteiger partial charge in [0.1, 0.15) is 0 Å². The first kappa shape index (κ1) is 11.4. The van der Waals surface area contributed by atoms with Crippen molar-refractivity contribution in [1.29, 1.82) is 10.5 Å². The number of primary amides is 1. The minimum Gasteiger partial charge on any atom is -0.369 e. The van der Waals surface area contributed by atoms with Gasteiger partial charge in [-0.05, 0) is 17.7 Å². The second-order valence-electron chi connectivity index (χ2n) is 4.00. The summed E-state index contributed by atoms with van der Waals surface area (Å²) in [6.07, 6.45) is 0. The summed E-state index contributed by atoms with van der Waals surface area (Å²) in [5, 5.41) is 18.7. The molecule has 5 heteroatoms. The largest absolute Gasteiger partial charge is 0.369 e. The highest BCUT2D eigenvalue weighted by atomic mass is 35.5. The minimum absolute atomic E-state index is 0.452. The highest BCUT2D eigenvalue weighted by Gasteiger charge is 2.70. The molecule has 1 saturated carbocycles. The van der Waals surface area contributed by atoms with E-state index < -0.39 is 23.2 Å². The molecule has 0 saturated heterocycles. The maximum Gasteiger partial charge on any atom is 0.223 e. The molecule has 0 unspecified atom stereocenters. The van der Waals surface area contributed by atoms with E-state index in [1.807, 2.05) is 12.1 Å². The first-order valence-electron chi connectivity index (χ1n) is 4.94. The number of benzene rings is 1. The average molecular weight is 246 g/mol. The molecule has 2 N–H and O–H groups in total. The molecular weight excluding hydrogens is 238 g/mol. The van der Waals surface area contributed by atoms with Gasteiger partial charge in [-0.3, -0.25) is 4.79 Å². The number of hydrogen-bond acceptors (Lipinski definition) is 3. The quantitative estimate of drug-likeness (QED) is 0.857. The van der Waals surface area contributed by atoms with Crippen LogP contribution in [0.4, 0.5) is 0 Å². The van der Waals surface area contributed by atoms with E-state index in [2.05, 4.69) is 0 Å². The van der Waals surface area contributed by atoms with Crippen LogP contribution < -0.4 is 5.73 Å². The van der Waals surface area contributed by atoms with E-state index in [4.69, 9.17) is 27.9 Å². The summed E-state index contributed by atoms with van der Waals surface area (Å²) < 4.78 is 0. The van der Waals surface area contributed by atoms with Crippen molar-refractivity contribution in [3.05, 3.63) is 34.9 Å². The van der Waals surface area contributed by atoms with E-state index >= 15 is 0 Å². The predicted molar refractivity (Wildman–Crippen MR) is 60.5 cm³/mol. The maximum atomic E-state index is 11.2. The molecule has 0 heterocycles. The first-order chi connectivity index (χ1) is 8.06. The summed E-state index contributed by atoms with van der Waals surface area (Å²) in [4.78, 5) is 11.2. The lowest BCUT2D eigenvalue weighted by molar-refractivity contribution is -0.119. The van der Waals surface area contributed by atoms with Crippen molar-refractivity contribution in [2.75, 3.05) is 0 Å². The fourth-order valence-electron chi connectivity index (χ4n) is 2.21. The Morgan fingerprint density at radius 3 is 2.18 bits per heavy atom. The number of amides is 1. The molecule has 0 aromatic heterocycles. The van der Waals surface area contributed by atoms with Crippen LogP contribution in [0, 0.1) is 34.0 Å². The zero-order chi connectivity index (χ0) is 12.6. The Bertz CT molecular complexity index is 539. The SMILES string of the molecule is N#CC1(C#N)[C@H](C(N)=O)[C@@H]1c1ccc(Cl)cc1. The summed E-state index contributed by atoms with van der Waals surface area (Å²) >= 11 is 5.75. The van der Waals surface area contributed by atoms with Crippen LogP contribution in [-0.2, 0) is 4.79 Å². The van der Waals surface area contributed by atoms with E-state index in [0.29, 0.717) is 5.02 Å². The van der Waals surface area contributed by atoms with Gasteiger partial charge in [-0.25, -0.2) is 0 Å². The number of nitriles is 2. The fraction of sp³-hybridized carbons (Fsp3) is 0.250. The molecule has 17 heavy (non-hydrogen) atoms. The second kappa shape index (κ2) is 3.76. The van der Waals surface area contributed by atoms with Crippen molar-refractivity contribution in [2.45, 2.75) is 5.92 Å². The summed E-state index contributed by atoms with van der Waals surface area (Å²) in [5.74, 6) is -1.81. The summed E-state index contributed by atoms with van der Waals surface area (Å²) in [5.41, 5.74) is 4.63. The van der Waals surface area contributed by atoms with Crippen molar-refractivity contribution in [3.8, 4) is 12.1 Å². The van der Waals surface area contributed by atoms with Gasteiger partial charge in [-0.15, -0.1) is 0 Å². The molecule has 2 rings (SSSR count). The fourth-order valence-corrected chi connectivity index (χ4v) is 2.33. The van der Waals surface area contributed by atoms with Crippen LogP contribution in [-0.4, -0.2) is 5.91 Å². The molecule has 1 aromatic carbocycles. The Kier molecular flexibility index (Phi) is 2.53. The van der Waals surface area contributed by atoms with E-state index in [1.54, 1.807) is 24.3 Å². The lowest BCUT2D eigenvalue weighted by Gasteiger charge is -1.99. The molecule has 4 nitrogen and oxygen atoms in total. The smallest absolute Gasteiger partial charge is 0.223 e. The number of hydrogen-bond donors (Lipinski definition) is 1. The van der Waals surface area contributed by atoms with Crippen LogP contribution in [0.25, 0.3) is 0 Å². The third-order valence-corrected chi connectivity index (χ3v) is 3.36. The summed E-state index contributed by atoms with van der Waals surface area (Å²) in [6, 6.07) is 10.5. The van der Waals surface area contributed by atoms with Gasteiger partial charge in [0.05, 0.1) is 18.1 Å². The third-order valence-electron chi connectivity index (χ3n) is 3.11. The standard InChI is InChI=1S/C12H8ClN3O/c13-8-3-1-7(2-4-8)9-10(11(16)17)12(9,5-14)6-15/h1-4,9-10H,(H2,16,17)/t9-,10-/m0/s1. The molecule has 1 aliphatic rings. The Labute approximate surface area is 103 Å². The van der Waals surface area contributed by atoms with Crippen LogP contribution in [0.2, 0.25) is 5.02 Å². The van der Waals surface area contributed by atoms with Crippen molar-refractivity contribution in [2.24, 2.45) is 17.1 Å². The van der Waals surface area contributed by atoms with E-state index in [-0.39, 0.29) is 0 Å². The highest BCUT2D eigenvalue weighted by molar-refractivity contribution is 6.30. The Hall–Kier alpha value is -2.04. The summed E-state index contributed by atoms with van der Waals surface area (Å²) in [7, 11) is 0. The first-order valence-corrected chi connectivity index (χ1v) is 5.32. The summed E-state index contributed by atoms with van der Waals surface area (Å²) in [6.45, 7) is 0. The van der Waals surface area contributed by atoms with Crippen LogP contribution in [0.3, 0.4) is 0 Å². The number of nitrogens with two attached hydrogens (primary N) is 1. The zero-order valence-corrected chi connectivity index (χ0v) is 9.48. The van der Waals surface area contributed by atoms with Crippen molar-refractivity contribution in [3.63, 3.8) is 0 Å². The molecule has 0 aliphatic heterocycles. The van der Waals surface area contributed by atoms with Gasteiger partial charge in [0, 0.05) is 10.9 Å². The van der Waals surface area contributed by atoms with Gasteiger partial charge < -0.3 is 5.73 Å². The topological polar surface area (TPSA) is 90.7 Å². The second-order valence-corrected chi connectivity index (χ2v) is 4.44. The lowest BCUT2D eigenvalue weighted by atomic mass is 10.0. The monoisotopic (exact) mass is 245 g/mol. The number of rotatable bonds is 2. The van der Waals surface area contributed by atoms with Crippen LogP contribution in [0.5, 0.6) is 0 Å². The molecular formula is C12H8ClN3O. The molecule has 2 atom stereocenters. The molecule has 1 fully saturated rings. The van der Waals surface area contributed by atoms with Crippen molar-refractivity contribution < 1.29 is 4.79 Å². The van der Waals surface area contributed by atoms with E-state index in [0.717, 1.165) is 5.56 Å². The highest BCUT2D eigenvalue weighted by Crippen LogP contribution is 2.64. The van der Waals surface area contributed by atoms with Gasteiger partial charge in [0.15, 0.2) is 5.41 Å². The maximum absolute atomic E-state index is 11.2. The van der Waals surface area contributed by atoms with Gasteiger partial charge in [0.25, 0.3) is 0 Å². The van der Waals surface area contributed by atoms with Crippen LogP contribution in [0.15, 0.2) is 24.3 Å². The molecule has 1 aliphatic carbocycles. The van der Waals surface area contributed by atoms with E-state index in [9.17, 15) is 4.79 Å². The van der Waals surface area contributed by atoms with E-state index in [1.165, 1.54) is 0 Å². The van der Waals surface area contributed by atoms with Crippen molar-refractivity contribution in [1.82, 2.24) is 0 Å². The van der Waals surface area contributed by atoms with Gasteiger partial charge in [-0.1, -0.05) is 23.7 Å². The number of carbonyl (C=O) groups excluding carboxylic acids is 1. The number of halogens is 1. The molecule has 0 radical (unpaired) electrons. The minimum atomic E-state index is -1.32. The van der Waals surface area contributed by atoms with Crippen LogP contribution >= 0.6 is 11.6 Å². The normalized spacial score (nSPS) is 24.4. The Morgan fingerprint density at radius 2 is 1.82 bits per heavy atom. The average Bonchev–Trinajstić information content (AvgIpc) is 3.00. The molecule has 1 amide bonds. The third kappa shape index (κ3) is 1.54. The molecule has 84 valence electrons. The number of nitrogens with zero attached hydrogens (tertiary/aromatic N) is 2. The van der Waals surface area contributed by atoms with Crippen molar-refractivity contribution >= 4 is 17.5 Å². The number of carbonyl (C=O) groups is 1. The molecule has 1 aromatic rings. The Morgan fingerprint density at radius 1 is 1.29 bits per heavy atom. The zero-order valence-electron chi connectivity index (χ0n) is 8.72. The Balaban J connectivity index is 2.41. The van der Waals surface area contributed by atoms with Crippen LogP contribution in [0.1, 0.15) is 11.5 Å². The lowest BCUT2D eigenvalue weighted by Crippen LogP contribution is -2.17. The van der Waals surface area contributed by atoms with Gasteiger partial charge in [0.2, 0.25) is 5.91 Å². The van der Waals surface area contributed by atoms with Gasteiger partial charge in [-0.2, -0.15) is 10.5 Å². The predicted octanol–water partition coefficient (Wildman–Crippen LogP) is 1.57. The van der Waals surface area contributed by atoms with Gasteiger partial charge >= 0.3 is 0 Å². The molecule has 0 bridgehead atoms.